The molecule has 1 aliphatic rings. The molecule has 0 N–H and O–H groups in total. The fourth-order valence-electron chi connectivity index (χ4n) is 3.52. The minimum absolute atomic E-state index is 0.0103. The Bertz CT molecular complexity index is 1330. The Morgan fingerprint density at radius 2 is 1.74 bits per heavy atom. The van der Waals surface area contributed by atoms with Gasteiger partial charge in [0.15, 0.2) is 0 Å². The molecule has 1 aliphatic heterocycles. The second-order valence-corrected chi connectivity index (χ2v) is 7.69. The Balaban J connectivity index is 1.67. The Morgan fingerprint density at radius 1 is 1.03 bits per heavy atom. The van der Waals surface area contributed by atoms with Gasteiger partial charge in [0.05, 0.1) is 36.2 Å². The quantitative estimate of drug-likeness (QED) is 0.503. The zero-order chi connectivity index (χ0) is 21.5. The fourth-order valence-corrected chi connectivity index (χ4v) is 3.52. The van der Waals surface area contributed by atoms with Crippen LogP contribution in [0.4, 0.5) is 4.39 Å². The maximum Gasteiger partial charge on any atom is 0.279 e. The van der Waals surface area contributed by atoms with E-state index in [1.165, 1.54) is 16.8 Å². The molecule has 2 aromatic heterocycles. The van der Waals surface area contributed by atoms with Gasteiger partial charge in [-0.1, -0.05) is 0 Å². The van der Waals surface area contributed by atoms with Gasteiger partial charge in [-0.3, -0.25) is 4.79 Å². The number of hydrogen-bond donors (Lipinski definition) is 0. The third kappa shape index (κ3) is 3.57. The van der Waals surface area contributed by atoms with E-state index in [9.17, 15) is 9.18 Å². The number of ether oxygens (including phenoxy) is 2. The minimum atomic E-state index is -0.329. The first-order valence-corrected chi connectivity index (χ1v) is 10.0. The summed E-state index contributed by atoms with van der Waals surface area (Å²) in [5.41, 5.74) is 3.67. The lowest BCUT2D eigenvalue weighted by atomic mass is 10.00. The van der Waals surface area contributed by atoms with Crippen LogP contribution in [0, 0.1) is 19.7 Å². The SMILES string of the molecule is Cc1cc2c(-c3ccc(F)cc3)nn(-c3ccc(OC4COC4)nc3)c(=O)c2cc1C. The van der Waals surface area contributed by atoms with Gasteiger partial charge in [0.25, 0.3) is 5.56 Å². The van der Waals surface area contributed by atoms with E-state index in [-0.39, 0.29) is 17.5 Å². The molecule has 6 nitrogen and oxygen atoms in total. The van der Waals surface area contributed by atoms with Crippen molar-refractivity contribution in [1.82, 2.24) is 14.8 Å². The molecule has 5 rings (SSSR count). The van der Waals surface area contributed by atoms with Crippen molar-refractivity contribution in [3.05, 3.63) is 82.0 Å². The van der Waals surface area contributed by atoms with Crippen LogP contribution in [0.1, 0.15) is 11.1 Å². The summed E-state index contributed by atoms with van der Waals surface area (Å²) in [6.45, 7) is 5.06. The molecule has 0 amide bonds. The van der Waals surface area contributed by atoms with Gasteiger partial charge >= 0.3 is 0 Å². The Labute approximate surface area is 177 Å². The van der Waals surface area contributed by atoms with Crippen molar-refractivity contribution in [3.63, 3.8) is 0 Å². The van der Waals surface area contributed by atoms with Crippen molar-refractivity contribution in [2.45, 2.75) is 20.0 Å². The lowest BCUT2D eigenvalue weighted by Crippen LogP contribution is -2.38. The number of aromatic nitrogens is 3. The number of nitrogens with zero attached hydrogens (tertiary/aromatic N) is 3. The molecule has 7 heteroatoms. The Hall–Kier alpha value is -3.58. The van der Waals surface area contributed by atoms with Crippen LogP contribution in [0.15, 0.2) is 59.5 Å². The summed E-state index contributed by atoms with van der Waals surface area (Å²) in [6.07, 6.45) is 1.57. The summed E-state index contributed by atoms with van der Waals surface area (Å²) in [5, 5.41) is 5.92. The van der Waals surface area contributed by atoms with Crippen LogP contribution < -0.4 is 10.3 Å². The fraction of sp³-hybridized carbons (Fsp3) is 0.208. The summed E-state index contributed by atoms with van der Waals surface area (Å²) in [7, 11) is 0. The highest BCUT2D eigenvalue weighted by Gasteiger charge is 2.21. The van der Waals surface area contributed by atoms with Gasteiger partial charge in [-0.05, 0) is 67.4 Å². The van der Waals surface area contributed by atoms with E-state index in [1.54, 1.807) is 30.5 Å². The highest BCUT2D eigenvalue weighted by molar-refractivity contribution is 5.95. The van der Waals surface area contributed by atoms with E-state index < -0.39 is 0 Å². The molecule has 156 valence electrons. The highest BCUT2D eigenvalue weighted by Crippen LogP contribution is 2.28. The molecule has 3 heterocycles. The molecular weight excluding hydrogens is 397 g/mol. The first-order chi connectivity index (χ1) is 15.0. The largest absolute Gasteiger partial charge is 0.469 e. The molecule has 0 saturated carbocycles. The number of hydrogen-bond acceptors (Lipinski definition) is 5. The molecule has 0 spiro atoms. The third-order valence-corrected chi connectivity index (χ3v) is 5.49. The van der Waals surface area contributed by atoms with Gasteiger partial charge < -0.3 is 9.47 Å². The first kappa shape index (κ1) is 19.4. The molecule has 1 fully saturated rings. The molecule has 0 atom stereocenters. The van der Waals surface area contributed by atoms with Crippen LogP contribution in [0.3, 0.4) is 0 Å². The molecule has 31 heavy (non-hydrogen) atoms. The first-order valence-electron chi connectivity index (χ1n) is 10.0. The van der Waals surface area contributed by atoms with E-state index in [4.69, 9.17) is 9.47 Å². The van der Waals surface area contributed by atoms with Gasteiger partial charge in [-0.25, -0.2) is 9.37 Å². The molecule has 0 bridgehead atoms. The molecule has 2 aromatic carbocycles. The van der Waals surface area contributed by atoms with Crippen LogP contribution >= 0.6 is 0 Å². The summed E-state index contributed by atoms with van der Waals surface area (Å²) in [5.74, 6) is 0.140. The monoisotopic (exact) mass is 417 g/mol. The van der Waals surface area contributed by atoms with Crippen LogP contribution in [0.2, 0.25) is 0 Å². The number of rotatable bonds is 4. The van der Waals surface area contributed by atoms with Gasteiger partial charge in [0.1, 0.15) is 11.9 Å². The maximum atomic E-state index is 13.5. The summed E-state index contributed by atoms with van der Waals surface area (Å²) < 4.78 is 25.6. The topological polar surface area (TPSA) is 66.2 Å². The molecule has 0 unspecified atom stereocenters. The number of benzene rings is 2. The Kier molecular flexibility index (Phi) is 4.75. The predicted molar refractivity (Wildman–Crippen MR) is 115 cm³/mol. The van der Waals surface area contributed by atoms with Crippen LogP contribution in [0.5, 0.6) is 5.88 Å². The highest BCUT2D eigenvalue weighted by atomic mass is 19.1. The molecule has 0 aliphatic carbocycles. The van der Waals surface area contributed by atoms with E-state index in [1.807, 2.05) is 26.0 Å². The number of aryl methyl sites for hydroxylation is 2. The molecular formula is C24H20FN3O3. The van der Waals surface area contributed by atoms with Crippen molar-refractivity contribution in [3.8, 4) is 22.8 Å². The standard InChI is InChI=1S/C24H20FN3O3/c1-14-9-20-21(10-15(14)2)24(29)28(27-23(20)16-3-5-17(25)6-4-16)18-7-8-22(26-11-18)31-19-12-30-13-19/h3-11,19H,12-13H2,1-2H3. The number of fused-ring (bicyclic) bond motifs is 1. The smallest absolute Gasteiger partial charge is 0.279 e. The summed E-state index contributed by atoms with van der Waals surface area (Å²) >= 11 is 0. The average molecular weight is 417 g/mol. The van der Waals surface area contributed by atoms with Gasteiger partial charge in [0, 0.05) is 17.0 Å². The predicted octanol–water partition coefficient (Wildman–Crippen LogP) is 3.98. The van der Waals surface area contributed by atoms with Crippen molar-refractivity contribution in [2.75, 3.05) is 13.2 Å². The summed E-state index contributed by atoms with van der Waals surface area (Å²) in [6, 6.07) is 13.4. The average Bonchev–Trinajstić information content (AvgIpc) is 2.74. The van der Waals surface area contributed by atoms with Gasteiger partial charge in [-0.2, -0.15) is 9.78 Å². The van der Waals surface area contributed by atoms with E-state index in [0.29, 0.717) is 35.9 Å². The Morgan fingerprint density at radius 3 is 2.35 bits per heavy atom. The second-order valence-electron chi connectivity index (χ2n) is 7.69. The number of halogens is 1. The van der Waals surface area contributed by atoms with Crippen molar-refractivity contribution in [2.24, 2.45) is 0 Å². The van der Waals surface area contributed by atoms with Crippen molar-refractivity contribution in [1.29, 1.82) is 0 Å². The normalized spacial score (nSPS) is 13.9. The van der Waals surface area contributed by atoms with E-state index in [0.717, 1.165) is 22.1 Å². The third-order valence-electron chi connectivity index (χ3n) is 5.49. The van der Waals surface area contributed by atoms with Crippen molar-refractivity contribution >= 4 is 10.8 Å². The summed E-state index contributed by atoms with van der Waals surface area (Å²) in [4.78, 5) is 17.6. The zero-order valence-corrected chi connectivity index (χ0v) is 17.1. The lowest BCUT2D eigenvalue weighted by molar-refractivity contribution is -0.0813. The van der Waals surface area contributed by atoms with Crippen molar-refractivity contribution < 1.29 is 13.9 Å². The van der Waals surface area contributed by atoms with Crippen LogP contribution in [-0.2, 0) is 4.74 Å². The molecule has 0 radical (unpaired) electrons. The maximum absolute atomic E-state index is 13.5. The van der Waals surface area contributed by atoms with Crippen LogP contribution in [0.25, 0.3) is 27.7 Å². The van der Waals surface area contributed by atoms with Gasteiger partial charge in [-0.15, -0.1) is 0 Å². The van der Waals surface area contributed by atoms with E-state index >= 15 is 0 Å². The minimum Gasteiger partial charge on any atom is -0.469 e. The zero-order valence-electron chi connectivity index (χ0n) is 17.1. The lowest BCUT2D eigenvalue weighted by Gasteiger charge is -2.26. The van der Waals surface area contributed by atoms with E-state index in [2.05, 4.69) is 10.1 Å². The molecule has 4 aromatic rings. The van der Waals surface area contributed by atoms with Gasteiger partial charge in [0.2, 0.25) is 5.88 Å². The second kappa shape index (κ2) is 7.59. The van der Waals surface area contributed by atoms with Crippen LogP contribution in [-0.4, -0.2) is 34.1 Å². The molecule has 1 saturated heterocycles. The number of pyridine rings is 1.